The lowest BCUT2D eigenvalue weighted by molar-refractivity contribution is -0.870. The van der Waals surface area contributed by atoms with Gasteiger partial charge in [-0.3, -0.25) is 13.8 Å². The van der Waals surface area contributed by atoms with Crippen LogP contribution < -0.4 is 5.32 Å². The summed E-state index contributed by atoms with van der Waals surface area (Å²) in [7, 11) is 1.52. The van der Waals surface area contributed by atoms with E-state index in [4.69, 9.17) is 9.05 Å². The van der Waals surface area contributed by atoms with Gasteiger partial charge in [-0.05, 0) is 89.9 Å². The molecule has 0 rings (SSSR count). The predicted octanol–water partition coefficient (Wildman–Crippen LogP) is 14.1. The molecule has 0 spiro atoms. The highest BCUT2D eigenvalue weighted by atomic mass is 31.2. The first-order chi connectivity index (χ1) is 30.0. The molecule has 62 heavy (non-hydrogen) atoms. The summed E-state index contributed by atoms with van der Waals surface area (Å²) in [4.78, 5) is 23.1. The summed E-state index contributed by atoms with van der Waals surface area (Å²) < 4.78 is 23.5. The Labute approximate surface area is 381 Å². The van der Waals surface area contributed by atoms with Crippen LogP contribution in [-0.2, 0) is 18.4 Å². The van der Waals surface area contributed by atoms with E-state index in [1.165, 1.54) is 51.4 Å². The van der Waals surface area contributed by atoms with Crippen LogP contribution in [0.2, 0.25) is 0 Å². The molecular weight excluding hydrogens is 792 g/mol. The molecule has 0 aliphatic rings. The minimum atomic E-state index is -4.35. The van der Waals surface area contributed by atoms with Crippen molar-refractivity contribution in [2.24, 2.45) is 0 Å². The third kappa shape index (κ3) is 45.2. The van der Waals surface area contributed by atoms with Crippen LogP contribution in [0.25, 0.3) is 0 Å². The second-order valence-electron chi connectivity index (χ2n) is 17.1. The second-order valence-corrected chi connectivity index (χ2v) is 18.5. The monoisotopic (exact) mass is 884 g/mol. The van der Waals surface area contributed by atoms with Crippen LogP contribution in [0.5, 0.6) is 0 Å². The summed E-state index contributed by atoms with van der Waals surface area (Å²) in [5, 5.41) is 13.8. The molecule has 0 fully saturated rings. The number of carbonyl (C=O) groups is 1. The number of likely N-dealkylation sites (N-methyl/N-ethyl adjacent to an activating group) is 1. The standard InChI is InChI=1S/C53H91N2O6P/c1-6-8-10-12-14-16-18-19-20-21-22-23-24-25-26-27-28-29-30-31-32-33-34-35-37-39-41-43-45-47-53(57)54-51(50-61-62(58,59)60-49-48-55(3,4)5)52(56)46-44-42-40-38-36-17-15-13-11-9-7-2/h8,10,14,16,19-20,22-23,25-26,28-29,31-32,36,38,44,46,51-52,56H,6-7,9,11-13,15,17-18,21,24,27,30,33-35,37,39-43,45,47-50H2,1-5H3,(H-,54,57,58,59)/p+1/b10-8-,16-14-,20-19-,23-22-,26-25-,29-28-,32-31-,38-36+,46-44+. The van der Waals surface area contributed by atoms with Crippen molar-refractivity contribution >= 4 is 13.7 Å². The SMILES string of the molecule is CC/C=C\C/C=C\C/C=C\C/C=C\C/C=C\C/C=C\C/C=C\CCCCCCCCCC(=O)NC(COP(=O)(O)OCC[N+](C)(C)C)C(O)/C=C/CC/C=C/CCCCCCC. The van der Waals surface area contributed by atoms with Crippen molar-refractivity contribution in [1.82, 2.24) is 5.32 Å². The molecule has 8 nitrogen and oxygen atoms in total. The number of carbonyl (C=O) groups excluding carboxylic acids is 1. The van der Waals surface area contributed by atoms with Crippen molar-refractivity contribution in [2.45, 2.75) is 180 Å². The molecular formula is C53H92N2O6P+. The average Bonchev–Trinajstić information content (AvgIpc) is 3.23. The van der Waals surface area contributed by atoms with Crippen LogP contribution in [-0.4, -0.2) is 73.4 Å². The van der Waals surface area contributed by atoms with Gasteiger partial charge in [-0.25, -0.2) is 4.57 Å². The summed E-state index contributed by atoms with van der Waals surface area (Å²) in [6.07, 6.45) is 63.2. The topological polar surface area (TPSA) is 105 Å². The molecule has 0 aromatic carbocycles. The summed E-state index contributed by atoms with van der Waals surface area (Å²) in [5.74, 6) is -0.206. The van der Waals surface area contributed by atoms with Crippen molar-refractivity contribution in [1.29, 1.82) is 0 Å². The van der Waals surface area contributed by atoms with Crippen LogP contribution in [0.15, 0.2) is 109 Å². The van der Waals surface area contributed by atoms with Gasteiger partial charge in [0.1, 0.15) is 13.2 Å². The molecule has 0 saturated carbocycles. The number of unbranched alkanes of at least 4 members (excludes halogenated alkanes) is 13. The fraction of sp³-hybridized carbons (Fsp3) is 0.642. The van der Waals surface area contributed by atoms with Crippen molar-refractivity contribution in [3.05, 3.63) is 109 Å². The number of amides is 1. The highest BCUT2D eigenvalue weighted by Gasteiger charge is 2.27. The minimum Gasteiger partial charge on any atom is -0.387 e. The van der Waals surface area contributed by atoms with Crippen molar-refractivity contribution in [3.8, 4) is 0 Å². The summed E-state index contributed by atoms with van der Waals surface area (Å²) in [5.41, 5.74) is 0. The van der Waals surface area contributed by atoms with Gasteiger partial charge in [0, 0.05) is 6.42 Å². The molecule has 0 saturated heterocycles. The van der Waals surface area contributed by atoms with E-state index < -0.39 is 20.0 Å². The van der Waals surface area contributed by atoms with Gasteiger partial charge in [0.25, 0.3) is 0 Å². The molecule has 0 bridgehead atoms. The molecule has 0 aromatic rings. The van der Waals surface area contributed by atoms with Crippen LogP contribution in [0.3, 0.4) is 0 Å². The quantitative estimate of drug-likeness (QED) is 0.0244. The van der Waals surface area contributed by atoms with E-state index in [0.717, 1.165) is 96.3 Å². The van der Waals surface area contributed by atoms with Gasteiger partial charge in [-0.2, -0.15) is 0 Å². The second kappa shape index (κ2) is 43.4. The van der Waals surface area contributed by atoms with Crippen LogP contribution in [0, 0.1) is 0 Å². The number of quaternary nitrogens is 1. The number of rotatable bonds is 42. The van der Waals surface area contributed by atoms with Crippen LogP contribution >= 0.6 is 7.82 Å². The lowest BCUT2D eigenvalue weighted by Crippen LogP contribution is -2.45. The van der Waals surface area contributed by atoms with Crippen molar-refractivity contribution in [2.75, 3.05) is 40.9 Å². The molecule has 0 aliphatic carbocycles. The molecule has 0 radical (unpaired) electrons. The largest absolute Gasteiger partial charge is 0.472 e. The number of aliphatic hydroxyl groups is 1. The number of aliphatic hydroxyl groups excluding tert-OH is 1. The zero-order chi connectivity index (χ0) is 45.7. The normalized spacial score (nSPS) is 15.1. The number of nitrogens with zero attached hydrogens (tertiary/aromatic N) is 1. The van der Waals surface area contributed by atoms with E-state index in [1.54, 1.807) is 6.08 Å². The molecule has 9 heteroatoms. The Bertz CT molecular complexity index is 1370. The first-order valence-electron chi connectivity index (χ1n) is 24.3. The number of phosphoric acid groups is 1. The van der Waals surface area contributed by atoms with Crippen molar-refractivity contribution in [3.63, 3.8) is 0 Å². The Balaban J connectivity index is 4.29. The summed E-state index contributed by atoms with van der Waals surface area (Å²) in [6.45, 7) is 4.61. The highest BCUT2D eigenvalue weighted by molar-refractivity contribution is 7.47. The van der Waals surface area contributed by atoms with Gasteiger partial charge in [-0.15, -0.1) is 0 Å². The first-order valence-corrected chi connectivity index (χ1v) is 25.8. The summed E-state index contributed by atoms with van der Waals surface area (Å²) >= 11 is 0. The molecule has 3 N–H and O–H groups in total. The number of nitrogens with one attached hydrogen (secondary N) is 1. The first kappa shape index (κ1) is 59.2. The average molecular weight is 884 g/mol. The van der Waals surface area contributed by atoms with Crippen LogP contribution in [0.4, 0.5) is 0 Å². The summed E-state index contributed by atoms with van der Waals surface area (Å²) in [6, 6.07) is -0.875. The van der Waals surface area contributed by atoms with Crippen molar-refractivity contribution < 1.29 is 32.9 Å². The fourth-order valence-electron chi connectivity index (χ4n) is 6.15. The van der Waals surface area contributed by atoms with Gasteiger partial charge >= 0.3 is 7.82 Å². The Morgan fingerprint density at radius 3 is 1.48 bits per heavy atom. The number of allylic oxidation sites excluding steroid dienone is 17. The van der Waals surface area contributed by atoms with E-state index in [1.807, 2.05) is 27.2 Å². The van der Waals surface area contributed by atoms with E-state index in [-0.39, 0.29) is 19.1 Å². The highest BCUT2D eigenvalue weighted by Crippen LogP contribution is 2.43. The molecule has 354 valence electrons. The third-order valence-electron chi connectivity index (χ3n) is 9.98. The Morgan fingerprint density at radius 1 is 0.565 bits per heavy atom. The van der Waals surface area contributed by atoms with Crippen LogP contribution in [0.1, 0.15) is 168 Å². The van der Waals surface area contributed by atoms with Gasteiger partial charge < -0.3 is 19.8 Å². The zero-order valence-electron chi connectivity index (χ0n) is 40.1. The predicted molar refractivity (Wildman–Crippen MR) is 267 cm³/mol. The molecule has 3 unspecified atom stereocenters. The van der Waals surface area contributed by atoms with Gasteiger partial charge in [0.05, 0.1) is 39.9 Å². The molecule has 1 amide bonds. The van der Waals surface area contributed by atoms with Gasteiger partial charge in [0.2, 0.25) is 5.91 Å². The maximum Gasteiger partial charge on any atom is 0.472 e. The maximum atomic E-state index is 12.9. The maximum absolute atomic E-state index is 12.9. The number of hydrogen-bond acceptors (Lipinski definition) is 5. The van der Waals surface area contributed by atoms with E-state index in [9.17, 15) is 19.4 Å². The lowest BCUT2D eigenvalue weighted by Gasteiger charge is -2.25. The fourth-order valence-corrected chi connectivity index (χ4v) is 6.89. The van der Waals surface area contributed by atoms with E-state index in [0.29, 0.717) is 17.4 Å². The zero-order valence-corrected chi connectivity index (χ0v) is 41.0. The minimum absolute atomic E-state index is 0.0474. The molecule has 0 heterocycles. The Hall–Kier alpha value is -2.84. The number of phosphoric ester groups is 1. The lowest BCUT2D eigenvalue weighted by atomic mass is 10.1. The smallest absolute Gasteiger partial charge is 0.387 e. The molecule has 3 atom stereocenters. The van der Waals surface area contributed by atoms with E-state index in [2.05, 4.69) is 116 Å². The van der Waals surface area contributed by atoms with E-state index >= 15 is 0 Å². The Kier molecular flexibility index (Phi) is 41.4. The Morgan fingerprint density at radius 2 is 0.984 bits per heavy atom. The molecule has 0 aliphatic heterocycles. The number of hydrogen-bond donors (Lipinski definition) is 3. The molecule has 0 aromatic heterocycles. The van der Waals surface area contributed by atoms with Gasteiger partial charge in [0.15, 0.2) is 0 Å². The van der Waals surface area contributed by atoms with Gasteiger partial charge in [-0.1, -0.05) is 181 Å². The third-order valence-corrected chi connectivity index (χ3v) is 11.0.